The molecule has 2 atom stereocenters. The Balaban J connectivity index is 1.53. The van der Waals surface area contributed by atoms with Crippen molar-refractivity contribution in [2.45, 2.75) is 12.5 Å². The molecule has 4 rings (SSSR count). The van der Waals surface area contributed by atoms with Crippen LogP contribution in [0, 0.1) is 5.92 Å². The molecule has 4 nitrogen and oxygen atoms in total. The van der Waals surface area contributed by atoms with Crippen molar-refractivity contribution >= 4 is 5.69 Å². The first-order chi connectivity index (χ1) is 11.2. The van der Waals surface area contributed by atoms with E-state index in [1.165, 1.54) is 37.3 Å². The molecule has 0 amide bonds. The predicted molar refractivity (Wildman–Crippen MR) is 93.0 cm³/mol. The number of methoxy groups -OCH3 is 1. The van der Waals surface area contributed by atoms with Crippen molar-refractivity contribution < 1.29 is 4.74 Å². The van der Waals surface area contributed by atoms with Crippen molar-refractivity contribution in [2.24, 2.45) is 5.92 Å². The number of rotatable bonds is 3. The quantitative estimate of drug-likeness (QED) is 0.872. The Morgan fingerprint density at radius 2 is 1.83 bits per heavy atom. The Hall–Kier alpha value is -2.07. The second-order valence-electron chi connectivity index (χ2n) is 6.67. The maximum atomic E-state index is 5.12. The van der Waals surface area contributed by atoms with Crippen LogP contribution in [0.5, 0.6) is 5.88 Å². The summed E-state index contributed by atoms with van der Waals surface area (Å²) in [5.74, 6) is 1.49. The third-order valence-electron chi connectivity index (χ3n) is 5.21. The summed E-state index contributed by atoms with van der Waals surface area (Å²) in [4.78, 5) is 9.33. The van der Waals surface area contributed by atoms with Gasteiger partial charge in [0.05, 0.1) is 7.11 Å². The van der Waals surface area contributed by atoms with E-state index in [1.807, 2.05) is 12.3 Å². The highest BCUT2D eigenvalue weighted by molar-refractivity contribution is 5.66. The summed E-state index contributed by atoms with van der Waals surface area (Å²) in [7, 11) is 3.87. The number of aromatic nitrogens is 1. The average molecular weight is 309 g/mol. The van der Waals surface area contributed by atoms with Gasteiger partial charge in [0.2, 0.25) is 5.88 Å². The van der Waals surface area contributed by atoms with Crippen molar-refractivity contribution in [2.75, 3.05) is 38.7 Å². The third kappa shape index (κ3) is 2.68. The molecule has 0 radical (unpaired) electrons. The lowest BCUT2D eigenvalue weighted by Gasteiger charge is -2.26. The minimum atomic E-state index is 0.652. The molecule has 2 saturated heterocycles. The Morgan fingerprint density at radius 3 is 2.52 bits per heavy atom. The number of pyridine rings is 1. The second-order valence-corrected chi connectivity index (χ2v) is 6.67. The summed E-state index contributed by atoms with van der Waals surface area (Å²) in [5.41, 5.74) is 3.67. The molecule has 120 valence electrons. The van der Waals surface area contributed by atoms with E-state index < -0.39 is 0 Å². The summed E-state index contributed by atoms with van der Waals surface area (Å²) in [6.07, 6.45) is 3.19. The standard InChI is InChI=1S/C19H23N3O/c1-21-12-16-9-10-22(18(16)13-21)17-6-3-14(4-7-17)15-5-8-19(23-2)20-11-15/h3-8,11,16,18H,9-10,12-13H2,1-2H3. The third-order valence-corrected chi connectivity index (χ3v) is 5.21. The summed E-state index contributed by atoms with van der Waals surface area (Å²) >= 11 is 0. The fourth-order valence-electron chi connectivity index (χ4n) is 4.01. The van der Waals surface area contributed by atoms with Crippen LogP contribution in [0.25, 0.3) is 11.1 Å². The Kier molecular flexibility index (Phi) is 3.69. The Labute approximate surface area is 137 Å². The van der Waals surface area contributed by atoms with Gasteiger partial charge in [0.15, 0.2) is 0 Å². The number of hydrogen-bond donors (Lipinski definition) is 0. The van der Waals surface area contributed by atoms with Crippen molar-refractivity contribution in [3.63, 3.8) is 0 Å². The number of anilines is 1. The minimum absolute atomic E-state index is 0.652. The molecular formula is C19H23N3O. The van der Waals surface area contributed by atoms with Crippen LogP contribution >= 0.6 is 0 Å². The molecule has 3 heterocycles. The lowest BCUT2D eigenvalue weighted by Crippen LogP contribution is -2.34. The SMILES string of the molecule is COc1ccc(-c2ccc(N3CCC4CN(C)CC43)cc2)cn1. The van der Waals surface area contributed by atoms with Crippen molar-refractivity contribution in [3.05, 3.63) is 42.6 Å². The molecule has 23 heavy (non-hydrogen) atoms. The van der Waals surface area contributed by atoms with Gasteiger partial charge in [0.25, 0.3) is 0 Å². The summed E-state index contributed by atoms with van der Waals surface area (Å²) in [6, 6.07) is 13.5. The van der Waals surface area contributed by atoms with Crippen LogP contribution in [0.15, 0.2) is 42.6 Å². The lowest BCUT2D eigenvalue weighted by molar-refractivity contribution is 0.386. The molecule has 2 aromatic rings. The van der Waals surface area contributed by atoms with Crippen LogP contribution in [-0.4, -0.2) is 49.7 Å². The van der Waals surface area contributed by atoms with Crippen LogP contribution in [0.2, 0.25) is 0 Å². The minimum Gasteiger partial charge on any atom is -0.481 e. The predicted octanol–water partition coefficient (Wildman–Crippen LogP) is 2.90. The van der Waals surface area contributed by atoms with Crippen LogP contribution < -0.4 is 9.64 Å². The highest BCUT2D eigenvalue weighted by Crippen LogP contribution is 2.35. The summed E-state index contributed by atoms with van der Waals surface area (Å²) < 4.78 is 5.12. The molecule has 2 fully saturated rings. The molecule has 2 unspecified atom stereocenters. The van der Waals surface area contributed by atoms with Gasteiger partial charge >= 0.3 is 0 Å². The zero-order valence-electron chi connectivity index (χ0n) is 13.8. The van der Waals surface area contributed by atoms with E-state index in [1.54, 1.807) is 7.11 Å². The van der Waals surface area contributed by atoms with Crippen molar-refractivity contribution in [1.82, 2.24) is 9.88 Å². The molecule has 0 aliphatic carbocycles. The molecular weight excluding hydrogens is 286 g/mol. The highest BCUT2D eigenvalue weighted by atomic mass is 16.5. The molecule has 4 heteroatoms. The average Bonchev–Trinajstić information content (AvgIpc) is 3.14. The number of nitrogens with zero attached hydrogens (tertiary/aromatic N) is 3. The first-order valence-corrected chi connectivity index (χ1v) is 8.30. The van der Waals surface area contributed by atoms with Gasteiger partial charge in [0, 0.05) is 49.2 Å². The number of fused-ring (bicyclic) bond motifs is 1. The van der Waals surface area contributed by atoms with E-state index in [0.717, 1.165) is 11.5 Å². The largest absolute Gasteiger partial charge is 0.481 e. The Bertz CT molecular complexity index is 668. The topological polar surface area (TPSA) is 28.6 Å². The maximum Gasteiger partial charge on any atom is 0.212 e. The van der Waals surface area contributed by atoms with E-state index in [-0.39, 0.29) is 0 Å². The van der Waals surface area contributed by atoms with Gasteiger partial charge in [0.1, 0.15) is 0 Å². The van der Waals surface area contributed by atoms with Crippen LogP contribution in [0.1, 0.15) is 6.42 Å². The van der Waals surface area contributed by atoms with Crippen LogP contribution in [0.4, 0.5) is 5.69 Å². The molecule has 0 N–H and O–H groups in total. The number of ether oxygens (including phenoxy) is 1. The fraction of sp³-hybridized carbons (Fsp3) is 0.421. The number of likely N-dealkylation sites (N-methyl/N-ethyl adjacent to an activating group) is 1. The molecule has 1 aromatic carbocycles. The normalized spacial score (nSPS) is 24.0. The zero-order valence-corrected chi connectivity index (χ0v) is 13.8. The number of benzene rings is 1. The zero-order chi connectivity index (χ0) is 15.8. The van der Waals surface area contributed by atoms with Gasteiger partial charge < -0.3 is 14.5 Å². The van der Waals surface area contributed by atoms with E-state index >= 15 is 0 Å². The van der Waals surface area contributed by atoms with E-state index in [2.05, 4.69) is 52.2 Å². The van der Waals surface area contributed by atoms with Crippen molar-refractivity contribution in [3.8, 4) is 17.0 Å². The molecule has 2 aliphatic rings. The number of hydrogen-bond acceptors (Lipinski definition) is 4. The van der Waals surface area contributed by atoms with Gasteiger partial charge in [-0.3, -0.25) is 0 Å². The van der Waals surface area contributed by atoms with E-state index in [0.29, 0.717) is 11.9 Å². The van der Waals surface area contributed by atoms with Crippen molar-refractivity contribution in [1.29, 1.82) is 0 Å². The van der Waals surface area contributed by atoms with Crippen LogP contribution in [0.3, 0.4) is 0 Å². The monoisotopic (exact) mass is 309 g/mol. The van der Waals surface area contributed by atoms with Gasteiger partial charge in [-0.25, -0.2) is 4.98 Å². The fourth-order valence-corrected chi connectivity index (χ4v) is 4.01. The summed E-state index contributed by atoms with van der Waals surface area (Å²) in [6.45, 7) is 3.62. The first kappa shape index (κ1) is 14.5. The van der Waals surface area contributed by atoms with E-state index in [9.17, 15) is 0 Å². The smallest absolute Gasteiger partial charge is 0.212 e. The van der Waals surface area contributed by atoms with Crippen LogP contribution in [-0.2, 0) is 0 Å². The molecule has 1 aromatic heterocycles. The van der Waals surface area contributed by atoms with Gasteiger partial charge in [-0.05, 0) is 43.1 Å². The summed E-state index contributed by atoms with van der Waals surface area (Å²) in [5, 5.41) is 0. The molecule has 0 bridgehead atoms. The molecule has 2 aliphatic heterocycles. The second kappa shape index (κ2) is 5.85. The lowest BCUT2D eigenvalue weighted by atomic mass is 10.0. The van der Waals surface area contributed by atoms with Gasteiger partial charge in [-0.2, -0.15) is 0 Å². The molecule has 0 saturated carbocycles. The van der Waals surface area contributed by atoms with E-state index in [4.69, 9.17) is 4.74 Å². The van der Waals surface area contributed by atoms with Gasteiger partial charge in [-0.15, -0.1) is 0 Å². The highest BCUT2D eigenvalue weighted by Gasteiger charge is 2.39. The molecule has 0 spiro atoms. The van der Waals surface area contributed by atoms with Gasteiger partial charge in [-0.1, -0.05) is 12.1 Å². The Morgan fingerprint density at radius 1 is 1.04 bits per heavy atom. The maximum absolute atomic E-state index is 5.12. The first-order valence-electron chi connectivity index (χ1n) is 8.30. The number of likely N-dealkylation sites (tertiary alicyclic amines) is 1.